The standard InChI is InChI=1S/C32H41F3N4O/c1-22(2)20-36-12-10-24(11-13-36)29-21-39(27-7-5-6-26(19-27)32(33,34)35)30-18-25(8-9-28(29)30)31(40)38-16-14-37(15-17-38)23(3)4/h5-9,18-19,21-24H,10-17,20H2,1-4H3. The molecule has 2 aromatic carbocycles. The molecule has 0 N–H and O–H groups in total. The first kappa shape index (κ1) is 28.7. The first-order valence-electron chi connectivity index (χ1n) is 14.6. The van der Waals surface area contributed by atoms with E-state index < -0.39 is 11.7 Å². The highest BCUT2D eigenvalue weighted by Gasteiger charge is 2.31. The van der Waals surface area contributed by atoms with Crippen LogP contribution in [0.4, 0.5) is 13.2 Å². The molecule has 2 aliphatic rings. The van der Waals surface area contributed by atoms with Gasteiger partial charge >= 0.3 is 6.18 Å². The van der Waals surface area contributed by atoms with Crippen molar-refractivity contribution in [1.29, 1.82) is 0 Å². The van der Waals surface area contributed by atoms with Gasteiger partial charge in [0.1, 0.15) is 0 Å². The Morgan fingerprint density at radius 3 is 2.25 bits per heavy atom. The second-order valence-corrected chi connectivity index (χ2v) is 12.1. The summed E-state index contributed by atoms with van der Waals surface area (Å²) in [5.74, 6) is 0.915. The molecular weight excluding hydrogens is 513 g/mol. The number of likely N-dealkylation sites (tertiary alicyclic amines) is 1. The van der Waals surface area contributed by atoms with E-state index in [9.17, 15) is 18.0 Å². The summed E-state index contributed by atoms with van der Waals surface area (Å²) in [6.45, 7) is 14.9. The number of hydrogen-bond donors (Lipinski definition) is 0. The van der Waals surface area contributed by atoms with E-state index in [1.54, 1.807) is 6.07 Å². The zero-order chi connectivity index (χ0) is 28.6. The minimum absolute atomic E-state index is 0.0226. The summed E-state index contributed by atoms with van der Waals surface area (Å²) in [6, 6.07) is 11.7. The van der Waals surface area contributed by atoms with Crippen LogP contribution in [0, 0.1) is 5.92 Å². The lowest BCUT2D eigenvalue weighted by Crippen LogP contribution is -2.50. The molecule has 1 amide bonds. The molecule has 216 valence electrons. The lowest BCUT2D eigenvalue weighted by atomic mass is 9.88. The van der Waals surface area contributed by atoms with Gasteiger partial charge in [-0.25, -0.2) is 0 Å². The van der Waals surface area contributed by atoms with Gasteiger partial charge in [-0.3, -0.25) is 9.69 Å². The van der Waals surface area contributed by atoms with Crippen LogP contribution in [0.25, 0.3) is 16.6 Å². The predicted molar refractivity (Wildman–Crippen MR) is 154 cm³/mol. The van der Waals surface area contributed by atoms with E-state index in [0.717, 1.165) is 68.1 Å². The number of benzene rings is 2. The Hall–Kier alpha value is -2.84. The Morgan fingerprint density at radius 2 is 1.62 bits per heavy atom. The monoisotopic (exact) mass is 554 g/mol. The van der Waals surface area contributed by atoms with Crippen molar-refractivity contribution < 1.29 is 18.0 Å². The lowest BCUT2D eigenvalue weighted by Gasteiger charge is -2.37. The van der Waals surface area contributed by atoms with Crippen molar-refractivity contribution in [2.75, 3.05) is 45.8 Å². The average Bonchev–Trinajstić information content (AvgIpc) is 3.31. The molecule has 1 aromatic heterocycles. The molecule has 0 saturated carbocycles. The molecular formula is C32H41F3N4O. The van der Waals surface area contributed by atoms with E-state index >= 15 is 0 Å². The second-order valence-electron chi connectivity index (χ2n) is 12.1. The molecule has 0 spiro atoms. The van der Waals surface area contributed by atoms with Gasteiger partial charge in [-0.05, 0) is 87.5 Å². The number of alkyl halides is 3. The van der Waals surface area contributed by atoms with Crippen LogP contribution < -0.4 is 0 Å². The zero-order valence-electron chi connectivity index (χ0n) is 24.0. The molecule has 2 aliphatic heterocycles. The highest BCUT2D eigenvalue weighted by molar-refractivity contribution is 5.99. The number of nitrogens with zero attached hydrogens (tertiary/aromatic N) is 4. The Morgan fingerprint density at radius 1 is 0.925 bits per heavy atom. The van der Waals surface area contributed by atoms with Crippen LogP contribution in [0.2, 0.25) is 0 Å². The molecule has 0 radical (unpaired) electrons. The number of amides is 1. The number of rotatable bonds is 6. The molecule has 40 heavy (non-hydrogen) atoms. The van der Waals surface area contributed by atoms with Gasteiger partial charge in [0.05, 0.1) is 11.1 Å². The van der Waals surface area contributed by atoms with Gasteiger partial charge in [0.2, 0.25) is 0 Å². The van der Waals surface area contributed by atoms with Crippen molar-refractivity contribution in [2.24, 2.45) is 5.92 Å². The number of aromatic nitrogens is 1. The van der Waals surface area contributed by atoms with Gasteiger partial charge in [-0.2, -0.15) is 13.2 Å². The van der Waals surface area contributed by atoms with Gasteiger partial charge in [0.15, 0.2) is 0 Å². The fourth-order valence-corrected chi connectivity index (χ4v) is 6.32. The lowest BCUT2D eigenvalue weighted by molar-refractivity contribution is -0.137. The zero-order valence-corrected chi connectivity index (χ0v) is 24.0. The Labute approximate surface area is 235 Å². The van der Waals surface area contributed by atoms with Gasteiger partial charge in [-0.1, -0.05) is 26.0 Å². The van der Waals surface area contributed by atoms with Crippen LogP contribution in [0.15, 0.2) is 48.7 Å². The van der Waals surface area contributed by atoms with Crippen LogP contribution in [0.1, 0.15) is 67.9 Å². The SMILES string of the molecule is CC(C)CN1CCC(c2cn(-c3cccc(C(F)(F)F)c3)c3cc(C(=O)N4CCN(C(C)C)CC4)ccc23)CC1. The maximum atomic E-state index is 13.6. The van der Waals surface area contributed by atoms with E-state index in [4.69, 9.17) is 0 Å². The third kappa shape index (κ3) is 6.08. The first-order valence-corrected chi connectivity index (χ1v) is 14.6. The average molecular weight is 555 g/mol. The van der Waals surface area contributed by atoms with E-state index in [1.165, 1.54) is 12.1 Å². The summed E-state index contributed by atoms with van der Waals surface area (Å²) < 4.78 is 42.7. The number of piperidine rings is 1. The molecule has 2 fully saturated rings. The Balaban J connectivity index is 1.50. The van der Waals surface area contributed by atoms with Crippen molar-refractivity contribution in [3.63, 3.8) is 0 Å². The third-order valence-electron chi connectivity index (χ3n) is 8.52. The summed E-state index contributed by atoms with van der Waals surface area (Å²) in [7, 11) is 0. The van der Waals surface area contributed by atoms with Gasteiger partial charge < -0.3 is 14.4 Å². The fourth-order valence-electron chi connectivity index (χ4n) is 6.32. The van der Waals surface area contributed by atoms with E-state index in [0.29, 0.717) is 42.2 Å². The van der Waals surface area contributed by atoms with E-state index in [2.05, 4.69) is 37.5 Å². The molecule has 8 heteroatoms. The summed E-state index contributed by atoms with van der Waals surface area (Å²) in [6.07, 6.45) is -0.395. The highest BCUT2D eigenvalue weighted by Crippen LogP contribution is 2.38. The van der Waals surface area contributed by atoms with Gasteiger partial charge in [0.25, 0.3) is 5.91 Å². The van der Waals surface area contributed by atoms with E-state index in [1.807, 2.05) is 33.9 Å². The van der Waals surface area contributed by atoms with Crippen LogP contribution in [-0.2, 0) is 6.18 Å². The molecule has 0 unspecified atom stereocenters. The first-order chi connectivity index (χ1) is 19.0. The molecule has 0 atom stereocenters. The molecule has 3 heterocycles. The van der Waals surface area contributed by atoms with Crippen LogP contribution >= 0.6 is 0 Å². The maximum Gasteiger partial charge on any atom is 0.416 e. The number of hydrogen-bond acceptors (Lipinski definition) is 3. The Kier molecular flexibility index (Phi) is 8.30. The fraction of sp³-hybridized carbons (Fsp3) is 0.531. The molecule has 0 aliphatic carbocycles. The van der Waals surface area contributed by atoms with Gasteiger partial charge in [-0.15, -0.1) is 0 Å². The van der Waals surface area contributed by atoms with Crippen LogP contribution in [-0.4, -0.2) is 77.0 Å². The van der Waals surface area contributed by atoms with Crippen molar-refractivity contribution >= 4 is 16.8 Å². The van der Waals surface area contributed by atoms with Crippen molar-refractivity contribution in [3.8, 4) is 5.69 Å². The number of carbonyl (C=O) groups excluding carboxylic acids is 1. The third-order valence-corrected chi connectivity index (χ3v) is 8.52. The highest BCUT2D eigenvalue weighted by atomic mass is 19.4. The van der Waals surface area contributed by atoms with Crippen molar-refractivity contribution in [3.05, 3.63) is 65.4 Å². The molecule has 2 saturated heterocycles. The van der Waals surface area contributed by atoms with E-state index in [-0.39, 0.29) is 5.91 Å². The van der Waals surface area contributed by atoms with Crippen molar-refractivity contribution in [1.82, 2.24) is 19.3 Å². The number of carbonyl (C=O) groups is 1. The second kappa shape index (κ2) is 11.6. The summed E-state index contributed by atoms with van der Waals surface area (Å²) in [5, 5.41) is 1.01. The number of halogens is 3. The minimum atomic E-state index is -4.43. The largest absolute Gasteiger partial charge is 0.416 e. The smallest absolute Gasteiger partial charge is 0.336 e. The molecule has 3 aromatic rings. The normalized spacial score (nSPS) is 18.4. The molecule has 5 nitrogen and oxygen atoms in total. The maximum absolute atomic E-state index is 13.6. The summed E-state index contributed by atoms with van der Waals surface area (Å²) >= 11 is 0. The quantitative estimate of drug-likeness (QED) is 0.342. The molecule has 5 rings (SSSR count). The van der Waals surface area contributed by atoms with Crippen molar-refractivity contribution in [2.45, 2.75) is 58.7 Å². The topological polar surface area (TPSA) is 31.7 Å². The Bertz CT molecular complexity index is 1330. The van der Waals surface area contributed by atoms with Crippen LogP contribution in [0.3, 0.4) is 0 Å². The number of piperazine rings is 1. The number of fused-ring (bicyclic) bond motifs is 1. The predicted octanol–water partition coefficient (Wildman–Crippen LogP) is 6.65. The van der Waals surface area contributed by atoms with Crippen LogP contribution in [0.5, 0.6) is 0 Å². The summed E-state index contributed by atoms with van der Waals surface area (Å²) in [4.78, 5) is 20.3. The van der Waals surface area contributed by atoms with Gasteiger partial charge in [0, 0.05) is 61.6 Å². The molecule has 0 bridgehead atoms. The minimum Gasteiger partial charge on any atom is -0.336 e. The summed E-state index contributed by atoms with van der Waals surface area (Å²) in [5.41, 5.74) is 2.30.